The summed E-state index contributed by atoms with van der Waals surface area (Å²) in [6, 6.07) is 0. The summed E-state index contributed by atoms with van der Waals surface area (Å²) in [6.07, 6.45) is -3.53. The molecule has 8 heteroatoms. The van der Waals surface area contributed by atoms with Crippen LogP contribution in [0.4, 0.5) is 17.6 Å². The molecule has 0 aliphatic heterocycles. The van der Waals surface area contributed by atoms with E-state index < -0.39 is 24.2 Å². The zero-order valence-corrected chi connectivity index (χ0v) is 9.76. The molecule has 0 saturated heterocycles. The van der Waals surface area contributed by atoms with Crippen molar-refractivity contribution < 1.29 is 32.3 Å². The first kappa shape index (κ1) is 16.7. The van der Waals surface area contributed by atoms with Crippen molar-refractivity contribution in [3.05, 3.63) is 0 Å². The average Bonchev–Trinajstić information content (AvgIpc) is 2.25. The molecule has 0 saturated carbocycles. The van der Waals surface area contributed by atoms with Crippen LogP contribution in [-0.2, 0) is 9.59 Å². The Morgan fingerprint density at radius 1 is 1.28 bits per heavy atom. The Kier molecular flexibility index (Phi) is 6.64. The Morgan fingerprint density at radius 2 is 1.83 bits per heavy atom. The molecule has 0 aromatic carbocycles. The zero-order valence-electron chi connectivity index (χ0n) is 9.76. The highest BCUT2D eigenvalue weighted by Crippen LogP contribution is 2.22. The number of carboxylic acid groups (broad SMARTS) is 1. The number of alkyl halides is 4. The number of aliphatic carboxylic acids is 1. The van der Waals surface area contributed by atoms with Gasteiger partial charge in [0.25, 0.3) is 5.91 Å². The number of hydrogen-bond donors (Lipinski definition) is 2. The first-order valence-corrected chi connectivity index (χ1v) is 5.34. The van der Waals surface area contributed by atoms with E-state index in [1.54, 1.807) is 12.2 Å². The van der Waals surface area contributed by atoms with Gasteiger partial charge in [-0.25, -0.2) is 8.78 Å². The average molecular weight is 273 g/mol. The van der Waals surface area contributed by atoms with E-state index in [2.05, 4.69) is 0 Å². The summed E-state index contributed by atoms with van der Waals surface area (Å²) in [5, 5.41) is 10.1. The molecule has 0 aliphatic carbocycles. The predicted octanol–water partition coefficient (Wildman–Crippen LogP) is 1.89. The lowest BCUT2D eigenvalue weighted by molar-refractivity contribution is -0.169. The summed E-state index contributed by atoms with van der Waals surface area (Å²) in [5.41, 5.74) is 0. The highest BCUT2D eigenvalue weighted by molar-refractivity contribution is 5.83. The minimum atomic E-state index is -4.69. The fourth-order valence-corrected chi connectivity index (χ4v) is 1.16. The Hall–Kier alpha value is -1.34. The van der Waals surface area contributed by atoms with Crippen molar-refractivity contribution in [1.29, 1.82) is 0 Å². The van der Waals surface area contributed by atoms with Gasteiger partial charge in [0.1, 0.15) is 0 Å². The molecule has 0 aromatic rings. The number of carboxylic acids is 1. The maximum atomic E-state index is 12.5. The number of carbonyl (C=O) groups excluding carboxylic acids is 1. The van der Waals surface area contributed by atoms with Crippen LogP contribution in [0.1, 0.15) is 26.2 Å². The van der Waals surface area contributed by atoms with Gasteiger partial charge >= 0.3 is 18.3 Å². The van der Waals surface area contributed by atoms with E-state index in [0.717, 1.165) is 0 Å². The fraction of sp³-hybridized carbons (Fsp3) is 0.800. The molecule has 0 bridgehead atoms. The Morgan fingerprint density at radius 3 is 2.28 bits per heavy atom. The van der Waals surface area contributed by atoms with Gasteiger partial charge in [0.2, 0.25) is 0 Å². The third-order valence-electron chi connectivity index (χ3n) is 2.35. The van der Waals surface area contributed by atoms with Crippen molar-refractivity contribution in [3.8, 4) is 0 Å². The van der Waals surface area contributed by atoms with Gasteiger partial charge in [0, 0.05) is 13.0 Å². The van der Waals surface area contributed by atoms with Gasteiger partial charge in [-0.15, -0.1) is 0 Å². The van der Waals surface area contributed by atoms with E-state index in [1.807, 2.05) is 0 Å². The van der Waals surface area contributed by atoms with Crippen LogP contribution in [0.5, 0.6) is 0 Å². The first-order chi connectivity index (χ1) is 8.17. The van der Waals surface area contributed by atoms with E-state index in [9.17, 15) is 27.2 Å². The number of amides is 1. The molecule has 2 N–H and O–H groups in total. The van der Waals surface area contributed by atoms with Crippen LogP contribution in [0, 0.1) is 5.92 Å². The maximum absolute atomic E-state index is 12.5. The van der Waals surface area contributed by atoms with E-state index in [0.29, 0.717) is 6.42 Å². The van der Waals surface area contributed by atoms with Crippen molar-refractivity contribution in [2.75, 3.05) is 6.54 Å². The fourth-order valence-electron chi connectivity index (χ4n) is 1.16. The molecule has 4 nitrogen and oxygen atoms in total. The highest BCUT2D eigenvalue weighted by atomic mass is 19.3. The number of hydrogen-bond acceptors (Lipinski definition) is 2. The quantitative estimate of drug-likeness (QED) is 0.664. The van der Waals surface area contributed by atoms with Crippen molar-refractivity contribution >= 4 is 11.9 Å². The largest absolute Gasteiger partial charge is 0.481 e. The number of halogens is 4. The molecule has 18 heavy (non-hydrogen) atoms. The van der Waals surface area contributed by atoms with E-state index in [-0.39, 0.29) is 25.3 Å². The van der Waals surface area contributed by atoms with Gasteiger partial charge in [-0.05, 0) is 18.8 Å². The van der Waals surface area contributed by atoms with Gasteiger partial charge in [-0.2, -0.15) is 8.78 Å². The van der Waals surface area contributed by atoms with Gasteiger partial charge in [-0.1, -0.05) is 6.92 Å². The van der Waals surface area contributed by atoms with Crippen molar-refractivity contribution in [1.82, 2.24) is 5.32 Å². The molecule has 1 atom stereocenters. The van der Waals surface area contributed by atoms with Gasteiger partial charge in [0.15, 0.2) is 0 Å². The normalized spacial score (nSPS) is 13.4. The molecular weight excluding hydrogens is 258 g/mol. The molecular formula is C10H15F4NO3. The summed E-state index contributed by atoms with van der Waals surface area (Å²) >= 11 is 0. The third kappa shape index (κ3) is 5.83. The van der Waals surface area contributed by atoms with Crippen LogP contribution in [0.25, 0.3) is 0 Å². The molecule has 106 valence electrons. The second-order valence-electron chi connectivity index (χ2n) is 4.01. The third-order valence-corrected chi connectivity index (χ3v) is 2.35. The Balaban J connectivity index is 3.91. The van der Waals surface area contributed by atoms with Crippen molar-refractivity contribution in [2.45, 2.75) is 38.5 Å². The van der Waals surface area contributed by atoms with Crippen molar-refractivity contribution in [2.24, 2.45) is 5.92 Å². The van der Waals surface area contributed by atoms with Crippen LogP contribution in [-0.4, -0.2) is 35.9 Å². The SMILES string of the molecule is CC(CCNC(=O)C(F)(F)C(F)F)CCC(=O)O. The topological polar surface area (TPSA) is 66.4 Å². The van der Waals surface area contributed by atoms with Crippen LogP contribution in [0.2, 0.25) is 0 Å². The van der Waals surface area contributed by atoms with Gasteiger partial charge in [0.05, 0.1) is 0 Å². The molecule has 0 aliphatic rings. The summed E-state index contributed by atoms with van der Waals surface area (Å²) in [4.78, 5) is 21.0. The number of carbonyl (C=O) groups is 2. The number of nitrogens with one attached hydrogen (secondary N) is 1. The Labute approximate surface area is 101 Å². The predicted molar refractivity (Wildman–Crippen MR) is 54.6 cm³/mol. The lowest BCUT2D eigenvalue weighted by atomic mass is 10.0. The van der Waals surface area contributed by atoms with Crippen LogP contribution >= 0.6 is 0 Å². The zero-order chi connectivity index (χ0) is 14.3. The van der Waals surface area contributed by atoms with E-state index >= 15 is 0 Å². The second kappa shape index (κ2) is 7.17. The molecule has 0 radical (unpaired) electrons. The van der Waals surface area contributed by atoms with Crippen LogP contribution < -0.4 is 5.32 Å². The summed E-state index contributed by atoms with van der Waals surface area (Å²) < 4.78 is 48.5. The monoisotopic (exact) mass is 273 g/mol. The van der Waals surface area contributed by atoms with Gasteiger partial charge < -0.3 is 10.4 Å². The van der Waals surface area contributed by atoms with Gasteiger partial charge in [-0.3, -0.25) is 9.59 Å². The number of rotatable bonds is 8. The molecule has 1 unspecified atom stereocenters. The van der Waals surface area contributed by atoms with E-state index in [4.69, 9.17) is 5.11 Å². The molecule has 0 aromatic heterocycles. The van der Waals surface area contributed by atoms with Crippen LogP contribution in [0.15, 0.2) is 0 Å². The minimum Gasteiger partial charge on any atom is -0.481 e. The van der Waals surface area contributed by atoms with Crippen LogP contribution in [0.3, 0.4) is 0 Å². The first-order valence-electron chi connectivity index (χ1n) is 5.34. The lowest BCUT2D eigenvalue weighted by Gasteiger charge is -2.16. The second-order valence-corrected chi connectivity index (χ2v) is 4.01. The van der Waals surface area contributed by atoms with Crippen molar-refractivity contribution in [3.63, 3.8) is 0 Å². The molecule has 0 spiro atoms. The molecule has 0 rings (SSSR count). The molecule has 0 fully saturated rings. The highest BCUT2D eigenvalue weighted by Gasteiger charge is 2.48. The standard InChI is InChI=1S/C10H15F4NO3/c1-6(2-3-7(16)17)4-5-15-9(18)10(13,14)8(11)12/h6,8H,2-5H2,1H3,(H,15,18)(H,16,17). The smallest absolute Gasteiger partial charge is 0.383 e. The molecule has 1 amide bonds. The minimum absolute atomic E-state index is 0.0672. The summed E-state index contributed by atoms with van der Waals surface area (Å²) in [7, 11) is 0. The maximum Gasteiger partial charge on any atom is 0.383 e. The van der Waals surface area contributed by atoms with E-state index in [1.165, 1.54) is 0 Å². The summed E-state index contributed by atoms with van der Waals surface area (Å²) in [6.45, 7) is 1.49. The Bertz CT molecular complexity index is 297. The summed E-state index contributed by atoms with van der Waals surface area (Å²) in [5.74, 6) is -7.79. The lowest BCUT2D eigenvalue weighted by Crippen LogP contribution is -2.45. The molecule has 0 heterocycles.